The zero-order valence-electron chi connectivity index (χ0n) is 11.1. The Morgan fingerprint density at radius 2 is 1.90 bits per heavy atom. The van der Waals surface area contributed by atoms with Crippen LogP contribution in [0.4, 0.5) is 0 Å². The number of carbonyl (C=O) groups excluding carboxylic acids is 1. The number of carbonyl (C=O) groups is 1. The van der Waals surface area contributed by atoms with Crippen LogP contribution in [0.15, 0.2) is 41.3 Å². The lowest BCUT2D eigenvalue weighted by molar-refractivity contribution is 0.0537. The monoisotopic (exact) mass is 326 g/mol. The van der Waals surface area contributed by atoms with Crippen LogP contribution in [-0.4, -0.2) is 17.6 Å². The van der Waals surface area contributed by atoms with Gasteiger partial charge < -0.3 is 4.57 Å². The van der Waals surface area contributed by atoms with Gasteiger partial charge in [0.05, 0.1) is 19.2 Å². The van der Waals surface area contributed by atoms with Gasteiger partial charge in [-0.25, -0.2) is 5.48 Å². The van der Waals surface area contributed by atoms with Crippen molar-refractivity contribution in [3.63, 3.8) is 0 Å². The first-order chi connectivity index (χ1) is 10.0. The maximum atomic E-state index is 11.9. The van der Waals surface area contributed by atoms with Crippen molar-refractivity contribution in [2.45, 2.75) is 6.54 Å². The van der Waals surface area contributed by atoms with Crippen LogP contribution in [0.25, 0.3) is 0 Å². The molecule has 0 unspecified atom stereocenters. The average molecular weight is 327 g/mol. The minimum atomic E-state index is -0.448. The van der Waals surface area contributed by atoms with Gasteiger partial charge in [-0.1, -0.05) is 29.3 Å². The SMILES string of the molecule is CONC(=O)c1ccc(=O)n(Cc2c(Cl)cccc2Cl)c1. The smallest absolute Gasteiger partial charge is 0.276 e. The van der Waals surface area contributed by atoms with Gasteiger partial charge >= 0.3 is 0 Å². The summed E-state index contributed by atoms with van der Waals surface area (Å²) < 4.78 is 1.36. The predicted octanol–water partition coefficient (Wildman–Crippen LogP) is 2.49. The fraction of sp³-hybridized carbons (Fsp3) is 0.143. The molecule has 0 saturated carbocycles. The standard InChI is InChI=1S/C14H12Cl2N2O3/c1-21-17-14(20)9-5-6-13(19)18(7-9)8-10-11(15)3-2-4-12(10)16/h2-7H,8H2,1H3,(H,17,20). The summed E-state index contributed by atoms with van der Waals surface area (Å²) in [6.07, 6.45) is 1.43. The van der Waals surface area contributed by atoms with Gasteiger partial charge in [0.1, 0.15) is 0 Å². The molecule has 2 rings (SSSR count). The van der Waals surface area contributed by atoms with Crippen LogP contribution >= 0.6 is 23.2 Å². The molecule has 1 aromatic heterocycles. The maximum Gasteiger partial charge on any atom is 0.276 e. The topological polar surface area (TPSA) is 60.3 Å². The van der Waals surface area contributed by atoms with E-state index in [0.717, 1.165) is 0 Å². The highest BCUT2D eigenvalue weighted by Gasteiger charge is 2.10. The molecular formula is C14H12Cl2N2O3. The molecule has 0 aliphatic heterocycles. The quantitative estimate of drug-likeness (QED) is 0.878. The molecule has 0 saturated heterocycles. The number of rotatable bonds is 4. The lowest BCUT2D eigenvalue weighted by Gasteiger charge is -2.11. The number of hydroxylamine groups is 1. The van der Waals surface area contributed by atoms with Crippen molar-refractivity contribution in [2.75, 3.05) is 7.11 Å². The number of halogens is 2. The zero-order valence-corrected chi connectivity index (χ0v) is 12.6. The summed E-state index contributed by atoms with van der Waals surface area (Å²) in [4.78, 5) is 28.1. The van der Waals surface area contributed by atoms with Crippen LogP contribution in [0.5, 0.6) is 0 Å². The summed E-state index contributed by atoms with van der Waals surface area (Å²) in [6, 6.07) is 7.82. The molecule has 0 radical (unpaired) electrons. The first kappa shape index (κ1) is 15.6. The van der Waals surface area contributed by atoms with Gasteiger partial charge in [0.2, 0.25) is 0 Å². The largest absolute Gasteiger partial charge is 0.310 e. The van der Waals surface area contributed by atoms with Crippen molar-refractivity contribution < 1.29 is 9.63 Å². The second kappa shape index (κ2) is 6.76. The predicted molar refractivity (Wildman–Crippen MR) is 80.7 cm³/mol. The van der Waals surface area contributed by atoms with Crippen molar-refractivity contribution in [2.24, 2.45) is 0 Å². The summed E-state index contributed by atoms with van der Waals surface area (Å²) in [5.41, 5.74) is 2.83. The fourth-order valence-electron chi connectivity index (χ4n) is 1.79. The summed E-state index contributed by atoms with van der Waals surface area (Å²) in [6.45, 7) is 0.172. The Morgan fingerprint density at radius 1 is 1.24 bits per heavy atom. The van der Waals surface area contributed by atoms with Gasteiger partial charge in [-0.15, -0.1) is 0 Å². The number of hydrogen-bond acceptors (Lipinski definition) is 3. The molecule has 1 heterocycles. The average Bonchev–Trinajstić information content (AvgIpc) is 2.45. The van der Waals surface area contributed by atoms with E-state index >= 15 is 0 Å². The van der Waals surface area contributed by atoms with Gasteiger partial charge in [-0.2, -0.15) is 0 Å². The molecule has 5 nitrogen and oxygen atoms in total. The first-order valence-corrected chi connectivity index (χ1v) is 6.75. The van der Waals surface area contributed by atoms with E-state index in [9.17, 15) is 9.59 Å². The molecular weight excluding hydrogens is 315 g/mol. The van der Waals surface area contributed by atoms with Crippen molar-refractivity contribution in [1.82, 2.24) is 10.0 Å². The van der Waals surface area contributed by atoms with Crippen molar-refractivity contribution in [1.29, 1.82) is 0 Å². The van der Waals surface area contributed by atoms with Gasteiger partial charge in [0, 0.05) is 27.9 Å². The Labute approximate surface area is 131 Å². The van der Waals surface area contributed by atoms with Gasteiger partial charge in [-0.05, 0) is 18.2 Å². The van der Waals surface area contributed by atoms with Crippen LogP contribution < -0.4 is 11.0 Å². The number of aromatic nitrogens is 1. The fourth-order valence-corrected chi connectivity index (χ4v) is 2.31. The summed E-state index contributed by atoms with van der Waals surface area (Å²) in [5.74, 6) is -0.448. The Kier molecular flexibility index (Phi) is 5.01. The Balaban J connectivity index is 2.38. The lowest BCUT2D eigenvalue weighted by Crippen LogP contribution is -2.26. The van der Waals surface area contributed by atoms with Gasteiger partial charge in [-0.3, -0.25) is 14.4 Å². The highest BCUT2D eigenvalue weighted by molar-refractivity contribution is 6.35. The highest BCUT2D eigenvalue weighted by atomic mass is 35.5. The molecule has 1 N–H and O–H groups in total. The molecule has 0 fully saturated rings. The Morgan fingerprint density at radius 3 is 2.52 bits per heavy atom. The summed E-state index contributed by atoms with van der Waals surface area (Å²) in [7, 11) is 1.33. The van der Waals surface area contributed by atoms with E-state index in [1.54, 1.807) is 18.2 Å². The van der Waals surface area contributed by atoms with E-state index in [2.05, 4.69) is 10.3 Å². The van der Waals surface area contributed by atoms with E-state index in [1.807, 2.05) is 0 Å². The number of pyridine rings is 1. The van der Waals surface area contributed by atoms with Crippen molar-refractivity contribution in [3.8, 4) is 0 Å². The third-order valence-electron chi connectivity index (χ3n) is 2.83. The molecule has 1 amide bonds. The van der Waals surface area contributed by atoms with Crippen LogP contribution in [0.1, 0.15) is 15.9 Å². The molecule has 7 heteroatoms. The molecule has 21 heavy (non-hydrogen) atoms. The maximum absolute atomic E-state index is 11.9. The molecule has 1 aromatic carbocycles. The van der Waals surface area contributed by atoms with Crippen LogP contribution in [-0.2, 0) is 11.4 Å². The zero-order chi connectivity index (χ0) is 15.4. The first-order valence-electron chi connectivity index (χ1n) is 5.99. The molecule has 2 aromatic rings. The number of nitrogens with zero attached hydrogens (tertiary/aromatic N) is 1. The number of hydrogen-bond donors (Lipinski definition) is 1. The third kappa shape index (κ3) is 3.64. The number of nitrogens with one attached hydrogen (secondary N) is 1. The normalized spacial score (nSPS) is 10.4. The highest BCUT2D eigenvalue weighted by Crippen LogP contribution is 2.24. The van der Waals surface area contributed by atoms with E-state index in [1.165, 1.54) is 30.0 Å². The molecule has 0 bridgehead atoms. The van der Waals surface area contributed by atoms with Crippen molar-refractivity contribution in [3.05, 3.63) is 68.1 Å². The third-order valence-corrected chi connectivity index (χ3v) is 3.54. The molecule has 0 atom stereocenters. The summed E-state index contributed by atoms with van der Waals surface area (Å²) >= 11 is 12.2. The Hall–Kier alpha value is -1.82. The van der Waals surface area contributed by atoms with E-state index in [-0.39, 0.29) is 12.1 Å². The molecule has 0 aliphatic carbocycles. The number of amides is 1. The lowest BCUT2D eigenvalue weighted by atomic mass is 10.2. The second-order valence-electron chi connectivity index (χ2n) is 4.22. The second-order valence-corrected chi connectivity index (χ2v) is 5.03. The number of benzene rings is 1. The minimum absolute atomic E-state index is 0.172. The van der Waals surface area contributed by atoms with Crippen LogP contribution in [0.3, 0.4) is 0 Å². The van der Waals surface area contributed by atoms with Gasteiger partial charge in [0.25, 0.3) is 11.5 Å². The summed E-state index contributed by atoms with van der Waals surface area (Å²) in [5, 5.41) is 0.919. The van der Waals surface area contributed by atoms with Crippen LogP contribution in [0.2, 0.25) is 10.0 Å². The minimum Gasteiger partial charge on any atom is -0.310 e. The van der Waals surface area contributed by atoms with E-state index in [4.69, 9.17) is 23.2 Å². The molecule has 0 spiro atoms. The Bertz CT molecular complexity index is 708. The van der Waals surface area contributed by atoms with Crippen LogP contribution in [0, 0.1) is 0 Å². The van der Waals surface area contributed by atoms with Gasteiger partial charge in [0.15, 0.2) is 0 Å². The van der Waals surface area contributed by atoms with E-state index in [0.29, 0.717) is 21.2 Å². The van der Waals surface area contributed by atoms with Crippen molar-refractivity contribution >= 4 is 29.1 Å². The van der Waals surface area contributed by atoms with E-state index < -0.39 is 5.91 Å². The molecule has 0 aliphatic rings. The molecule has 110 valence electrons.